The van der Waals surface area contributed by atoms with Crippen molar-refractivity contribution in [2.24, 2.45) is 0 Å². The SMILES string of the molecule is CCN(CC)C(=O)c1cc(OC)c(OC)c(-c2ccc(C=O)o2)c1. The van der Waals surface area contributed by atoms with Gasteiger partial charge >= 0.3 is 0 Å². The van der Waals surface area contributed by atoms with Gasteiger partial charge in [0.1, 0.15) is 5.76 Å². The third-order valence-corrected chi connectivity index (χ3v) is 3.78. The number of hydrogen-bond acceptors (Lipinski definition) is 5. The minimum atomic E-state index is -0.107. The Morgan fingerprint density at radius 2 is 1.88 bits per heavy atom. The van der Waals surface area contributed by atoms with Gasteiger partial charge in [0.15, 0.2) is 23.5 Å². The predicted molar refractivity (Wildman–Crippen MR) is 89.9 cm³/mol. The lowest BCUT2D eigenvalue weighted by atomic mass is 10.1. The Labute approximate surface area is 141 Å². The Balaban J connectivity index is 2.61. The molecule has 0 atom stereocenters. The van der Waals surface area contributed by atoms with Crippen LogP contribution in [-0.2, 0) is 0 Å². The first-order valence-corrected chi connectivity index (χ1v) is 7.70. The number of benzene rings is 1. The molecule has 1 amide bonds. The van der Waals surface area contributed by atoms with Crippen LogP contribution < -0.4 is 9.47 Å². The lowest BCUT2D eigenvalue weighted by Gasteiger charge is -2.20. The maximum atomic E-state index is 12.7. The van der Waals surface area contributed by atoms with E-state index in [0.717, 1.165) is 0 Å². The summed E-state index contributed by atoms with van der Waals surface area (Å²) in [6.45, 7) is 5.06. The molecule has 128 valence electrons. The van der Waals surface area contributed by atoms with E-state index in [4.69, 9.17) is 13.9 Å². The molecule has 0 spiro atoms. The highest BCUT2D eigenvalue weighted by atomic mass is 16.5. The minimum Gasteiger partial charge on any atom is -0.493 e. The minimum absolute atomic E-state index is 0.107. The summed E-state index contributed by atoms with van der Waals surface area (Å²) in [5, 5.41) is 0. The molecule has 2 aromatic rings. The highest BCUT2D eigenvalue weighted by Gasteiger charge is 2.21. The number of carbonyl (C=O) groups is 2. The third-order valence-electron chi connectivity index (χ3n) is 3.78. The quantitative estimate of drug-likeness (QED) is 0.728. The fraction of sp³-hybridized carbons (Fsp3) is 0.333. The van der Waals surface area contributed by atoms with Crippen LogP contribution in [0.4, 0.5) is 0 Å². The zero-order valence-electron chi connectivity index (χ0n) is 14.3. The van der Waals surface area contributed by atoms with E-state index in [2.05, 4.69) is 0 Å². The van der Waals surface area contributed by atoms with Gasteiger partial charge < -0.3 is 18.8 Å². The summed E-state index contributed by atoms with van der Waals surface area (Å²) < 4.78 is 16.3. The van der Waals surface area contributed by atoms with Crippen molar-refractivity contribution in [2.75, 3.05) is 27.3 Å². The van der Waals surface area contributed by atoms with Gasteiger partial charge in [-0.25, -0.2) is 0 Å². The van der Waals surface area contributed by atoms with Gasteiger partial charge in [-0.05, 0) is 38.1 Å². The molecular formula is C18H21NO5. The largest absolute Gasteiger partial charge is 0.493 e. The standard InChI is InChI=1S/C18H21NO5/c1-5-19(6-2)18(21)12-9-14(15-8-7-13(11-20)24-15)17(23-4)16(10-12)22-3/h7-11H,5-6H2,1-4H3. The first-order valence-electron chi connectivity index (χ1n) is 7.70. The van der Waals surface area contributed by atoms with Gasteiger partial charge in [0.25, 0.3) is 5.91 Å². The summed E-state index contributed by atoms with van der Waals surface area (Å²) in [5.74, 6) is 1.40. The van der Waals surface area contributed by atoms with Crippen molar-refractivity contribution in [1.29, 1.82) is 0 Å². The molecular weight excluding hydrogens is 310 g/mol. The van der Waals surface area contributed by atoms with Crippen LogP contribution in [0.3, 0.4) is 0 Å². The molecule has 1 heterocycles. The fourth-order valence-electron chi connectivity index (χ4n) is 2.53. The van der Waals surface area contributed by atoms with E-state index in [9.17, 15) is 9.59 Å². The average molecular weight is 331 g/mol. The molecule has 0 bridgehead atoms. The highest BCUT2D eigenvalue weighted by Crippen LogP contribution is 2.40. The highest BCUT2D eigenvalue weighted by molar-refractivity contribution is 5.97. The molecule has 0 saturated heterocycles. The molecule has 0 unspecified atom stereocenters. The van der Waals surface area contributed by atoms with Gasteiger partial charge in [-0.2, -0.15) is 0 Å². The van der Waals surface area contributed by atoms with Crippen LogP contribution in [0.1, 0.15) is 34.8 Å². The van der Waals surface area contributed by atoms with E-state index in [1.165, 1.54) is 14.2 Å². The lowest BCUT2D eigenvalue weighted by Crippen LogP contribution is -2.30. The molecule has 0 aliphatic rings. The van der Waals surface area contributed by atoms with Crippen LogP contribution in [0.25, 0.3) is 11.3 Å². The molecule has 0 fully saturated rings. The summed E-state index contributed by atoms with van der Waals surface area (Å²) in [6, 6.07) is 6.56. The Bertz CT molecular complexity index is 731. The molecule has 24 heavy (non-hydrogen) atoms. The van der Waals surface area contributed by atoms with Gasteiger partial charge in [0.2, 0.25) is 0 Å². The van der Waals surface area contributed by atoms with E-state index < -0.39 is 0 Å². The predicted octanol–water partition coefficient (Wildman–Crippen LogP) is 3.26. The van der Waals surface area contributed by atoms with Crippen LogP contribution in [-0.4, -0.2) is 44.4 Å². The van der Waals surface area contributed by atoms with Crippen LogP contribution in [0, 0.1) is 0 Å². The lowest BCUT2D eigenvalue weighted by molar-refractivity contribution is 0.0772. The molecule has 6 nitrogen and oxygen atoms in total. The van der Waals surface area contributed by atoms with E-state index in [0.29, 0.717) is 47.8 Å². The second-order valence-corrected chi connectivity index (χ2v) is 5.06. The maximum absolute atomic E-state index is 12.7. The fourth-order valence-corrected chi connectivity index (χ4v) is 2.53. The van der Waals surface area contributed by atoms with Crippen molar-refractivity contribution in [3.05, 3.63) is 35.6 Å². The summed E-state index contributed by atoms with van der Waals surface area (Å²) >= 11 is 0. The maximum Gasteiger partial charge on any atom is 0.253 e. The second kappa shape index (κ2) is 7.68. The zero-order valence-corrected chi connectivity index (χ0v) is 14.3. The van der Waals surface area contributed by atoms with Crippen LogP contribution in [0.5, 0.6) is 11.5 Å². The van der Waals surface area contributed by atoms with Gasteiger partial charge in [0.05, 0.1) is 19.8 Å². The first-order chi connectivity index (χ1) is 11.6. The molecule has 2 rings (SSSR count). The van der Waals surface area contributed by atoms with E-state index in [1.807, 2.05) is 13.8 Å². The van der Waals surface area contributed by atoms with Gasteiger partial charge in [-0.3, -0.25) is 9.59 Å². The number of ether oxygens (including phenoxy) is 2. The third kappa shape index (κ3) is 3.27. The van der Waals surface area contributed by atoms with Crippen molar-refractivity contribution < 1.29 is 23.5 Å². The van der Waals surface area contributed by atoms with Crippen LogP contribution >= 0.6 is 0 Å². The monoisotopic (exact) mass is 331 g/mol. The topological polar surface area (TPSA) is 69.0 Å². The van der Waals surface area contributed by atoms with Crippen molar-refractivity contribution >= 4 is 12.2 Å². The Morgan fingerprint density at radius 1 is 1.17 bits per heavy atom. The van der Waals surface area contributed by atoms with E-state index in [1.54, 1.807) is 29.2 Å². The molecule has 1 aromatic carbocycles. The number of methoxy groups -OCH3 is 2. The van der Waals surface area contributed by atoms with Crippen molar-refractivity contribution in [2.45, 2.75) is 13.8 Å². The summed E-state index contributed by atoms with van der Waals surface area (Å²) in [7, 11) is 3.02. The van der Waals surface area contributed by atoms with Gasteiger partial charge in [-0.15, -0.1) is 0 Å². The van der Waals surface area contributed by atoms with Crippen molar-refractivity contribution in [1.82, 2.24) is 4.90 Å². The molecule has 0 N–H and O–H groups in total. The summed E-state index contributed by atoms with van der Waals surface area (Å²) in [5.41, 5.74) is 1.02. The number of hydrogen-bond donors (Lipinski definition) is 0. The first kappa shape index (κ1) is 17.6. The number of nitrogens with zero attached hydrogens (tertiary/aromatic N) is 1. The van der Waals surface area contributed by atoms with E-state index >= 15 is 0 Å². The molecule has 0 saturated carbocycles. The van der Waals surface area contributed by atoms with Crippen molar-refractivity contribution in [3.8, 4) is 22.8 Å². The molecule has 0 radical (unpaired) electrons. The van der Waals surface area contributed by atoms with E-state index in [-0.39, 0.29) is 11.7 Å². The Kier molecular flexibility index (Phi) is 5.63. The number of carbonyl (C=O) groups excluding carboxylic acids is 2. The summed E-state index contributed by atoms with van der Waals surface area (Å²) in [4.78, 5) is 25.2. The van der Waals surface area contributed by atoms with Crippen LogP contribution in [0.2, 0.25) is 0 Å². The number of rotatable bonds is 7. The van der Waals surface area contributed by atoms with Gasteiger partial charge in [0, 0.05) is 18.7 Å². The molecule has 0 aliphatic carbocycles. The Morgan fingerprint density at radius 3 is 2.38 bits per heavy atom. The smallest absolute Gasteiger partial charge is 0.253 e. The molecule has 6 heteroatoms. The normalized spacial score (nSPS) is 10.3. The average Bonchev–Trinajstić information content (AvgIpc) is 3.10. The molecule has 0 aliphatic heterocycles. The molecule has 1 aromatic heterocycles. The zero-order chi connectivity index (χ0) is 17.7. The second-order valence-electron chi connectivity index (χ2n) is 5.06. The number of amides is 1. The van der Waals surface area contributed by atoms with Crippen molar-refractivity contribution in [3.63, 3.8) is 0 Å². The van der Waals surface area contributed by atoms with Crippen LogP contribution in [0.15, 0.2) is 28.7 Å². The number of furan rings is 1. The number of aldehydes is 1. The van der Waals surface area contributed by atoms with Gasteiger partial charge in [-0.1, -0.05) is 0 Å². The Hall–Kier alpha value is -2.76. The summed E-state index contributed by atoms with van der Waals surface area (Å²) in [6.07, 6.45) is 0.623.